The zero-order valence-corrected chi connectivity index (χ0v) is 19.9. The van der Waals surface area contributed by atoms with Crippen LogP contribution in [0.3, 0.4) is 0 Å². The molecular weight excluding hydrogens is 473 g/mol. The first-order valence-electron chi connectivity index (χ1n) is 11.9. The molecule has 1 saturated carbocycles. The highest BCUT2D eigenvalue weighted by molar-refractivity contribution is 6.04. The van der Waals surface area contributed by atoms with Crippen LogP contribution in [0.25, 0.3) is 28.2 Å². The quantitative estimate of drug-likeness (QED) is 0.384. The van der Waals surface area contributed by atoms with E-state index in [-0.39, 0.29) is 29.2 Å². The number of halogens is 1. The van der Waals surface area contributed by atoms with Crippen molar-refractivity contribution < 1.29 is 9.18 Å². The van der Waals surface area contributed by atoms with Gasteiger partial charge in [-0.2, -0.15) is 0 Å². The zero-order chi connectivity index (χ0) is 25.5. The maximum atomic E-state index is 14.9. The van der Waals surface area contributed by atoms with Gasteiger partial charge in [-0.1, -0.05) is 24.3 Å². The van der Waals surface area contributed by atoms with Crippen LogP contribution in [0, 0.1) is 12.7 Å². The average Bonchev–Trinajstić information content (AvgIpc) is 3.30. The fraction of sp³-hybridized carbons (Fsp3) is 0.185. The Hall–Kier alpha value is -4.73. The zero-order valence-electron chi connectivity index (χ0n) is 19.9. The number of benzene rings is 2. The van der Waals surface area contributed by atoms with Gasteiger partial charge in [-0.15, -0.1) is 10.2 Å². The van der Waals surface area contributed by atoms with Crippen molar-refractivity contribution in [3.8, 4) is 17.2 Å². The fourth-order valence-electron chi connectivity index (χ4n) is 4.66. The first-order valence-corrected chi connectivity index (χ1v) is 11.9. The lowest BCUT2D eigenvalue weighted by atomic mass is 9.79. The summed E-state index contributed by atoms with van der Waals surface area (Å²) in [5.74, 6) is 0.399. The number of H-pyrrole nitrogens is 1. The highest BCUT2D eigenvalue weighted by Crippen LogP contribution is 2.39. The minimum atomic E-state index is -0.386. The van der Waals surface area contributed by atoms with E-state index in [0.29, 0.717) is 52.5 Å². The Kier molecular flexibility index (Phi) is 5.56. The van der Waals surface area contributed by atoms with Gasteiger partial charge in [-0.05, 0) is 55.7 Å². The smallest absolute Gasteiger partial charge is 0.266 e. The monoisotopic (exact) mass is 495 g/mol. The number of aromatic nitrogens is 6. The second-order valence-electron chi connectivity index (χ2n) is 9.18. The van der Waals surface area contributed by atoms with E-state index < -0.39 is 0 Å². The first-order chi connectivity index (χ1) is 18.0. The Morgan fingerprint density at radius 1 is 1.03 bits per heavy atom. The first kappa shape index (κ1) is 22.7. The molecule has 2 N–H and O–H groups in total. The summed E-state index contributed by atoms with van der Waals surface area (Å²) in [5.41, 5.74) is 2.95. The molecule has 0 radical (unpaired) electrons. The third kappa shape index (κ3) is 4.16. The molecule has 1 aliphatic carbocycles. The van der Waals surface area contributed by atoms with Crippen molar-refractivity contribution in [1.82, 2.24) is 35.0 Å². The normalized spacial score (nSPS) is 16.9. The molecule has 3 heterocycles. The summed E-state index contributed by atoms with van der Waals surface area (Å²) in [7, 11) is 0. The number of hydrogen-bond acceptors (Lipinski definition) is 6. The van der Waals surface area contributed by atoms with Crippen molar-refractivity contribution in [2.45, 2.75) is 31.7 Å². The van der Waals surface area contributed by atoms with Gasteiger partial charge < -0.3 is 10.3 Å². The average molecular weight is 496 g/mol. The molecule has 0 atom stereocenters. The number of nitrogens with zero attached hydrogens (tertiary/aromatic N) is 5. The Labute approximate surface area is 210 Å². The largest absolute Gasteiger partial charge is 0.349 e. The van der Waals surface area contributed by atoms with Crippen LogP contribution in [0.2, 0.25) is 0 Å². The summed E-state index contributed by atoms with van der Waals surface area (Å²) in [4.78, 5) is 35.9. The highest BCUT2D eigenvalue weighted by atomic mass is 19.1. The number of para-hydroxylation sites is 2. The van der Waals surface area contributed by atoms with E-state index >= 15 is 0 Å². The van der Waals surface area contributed by atoms with E-state index in [2.05, 4.69) is 30.5 Å². The number of rotatable bonds is 5. The molecule has 0 spiro atoms. The van der Waals surface area contributed by atoms with Crippen molar-refractivity contribution in [3.63, 3.8) is 0 Å². The molecule has 1 aliphatic rings. The Balaban J connectivity index is 1.26. The van der Waals surface area contributed by atoms with Crippen LogP contribution >= 0.6 is 0 Å². The third-order valence-corrected chi connectivity index (χ3v) is 6.61. The standard InChI is InChI=1S/C27H22FN7O2/c1-15-9-10-21(29-13-15)26-34-33-25(35(26)22-8-3-2-6-19(22)28)16-11-17(12-16)31-27(37)18-5-4-7-20-24(18)30-14-23(36)32-20/h2-10,13-14,16-17H,11-12H2,1H3,(H,31,37)(H,32,36). The van der Waals surface area contributed by atoms with Gasteiger partial charge in [0.1, 0.15) is 17.3 Å². The molecule has 9 nitrogen and oxygen atoms in total. The Morgan fingerprint density at radius 3 is 2.65 bits per heavy atom. The number of amides is 1. The number of carbonyl (C=O) groups is 1. The van der Waals surface area contributed by atoms with E-state index in [1.165, 1.54) is 6.07 Å². The minimum Gasteiger partial charge on any atom is -0.349 e. The fourth-order valence-corrected chi connectivity index (χ4v) is 4.66. The lowest BCUT2D eigenvalue weighted by molar-refractivity contribution is 0.0908. The molecule has 0 aliphatic heterocycles. The maximum Gasteiger partial charge on any atom is 0.266 e. The van der Waals surface area contributed by atoms with Crippen LogP contribution in [-0.2, 0) is 0 Å². The number of carbonyl (C=O) groups excluding carboxylic acids is 1. The SMILES string of the molecule is Cc1ccc(-c2nnc(C3CC(NC(=O)c4cccc5[nH]c(=O)cnc45)C3)n2-c2ccccc2F)nc1. The second-order valence-corrected chi connectivity index (χ2v) is 9.18. The molecule has 5 aromatic rings. The molecule has 0 bridgehead atoms. The molecule has 10 heteroatoms. The molecule has 3 aromatic heterocycles. The minimum absolute atomic E-state index is 0.0291. The molecule has 1 fully saturated rings. The third-order valence-electron chi connectivity index (χ3n) is 6.61. The van der Waals surface area contributed by atoms with Gasteiger partial charge in [0.15, 0.2) is 5.82 Å². The molecule has 6 rings (SSSR count). The predicted molar refractivity (Wildman–Crippen MR) is 135 cm³/mol. The summed E-state index contributed by atoms with van der Waals surface area (Å²) in [5, 5.41) is 11.8. The summed E-state index contributed by atoms with van der Waals surface area (Å²) in [6, 6.07) is 15.3. The van der Waals surface area contributed by atoms with Crippen LogP contribution in [0.5, 0.6) is 0 Å². The molecule has 1 amide bonds. The van der Waals surface area contributed by atoms with Crippen molar-refractivity contribution in [3.05, 3.63) is 100 Å². The molecule has 37 heavy (non-hydrogen) atoms. The molecular formula is C27H22FN7O2. The van der Waals surface area contributed by atoms with Crippen LogP contribution < -0.4 is 10.9 Å². The van der Waals surface area contributed by atoms with Crippen molar-refractivity contribution in [1.29, 1.82) is 0 Å². The van der Waals surface area contributed by atoms with Gasteiger partial charge in [-0.3, -0.25) is 19.1 Å². The molecule has 2 aromatic carbocycles. The van der Waals surface area contributed by atoms with Gasteiger partial charge in [0, 0.05) is 18.2 Å². The van der Waals surface area contributed by atoms with Gasteiger partial charge >= 0.3 is 0 Å². The van der Waals surface area contributed by atoms with E-state index in [4.69, 9.17) is 0 Å². The molecule has 0 unspecified atom stereocenters. The van der Waals surface area contributed by atoms with Crippen LogP contribution in [-0.4, -0.2) is 41.7 Å². The second kappa shape index (κ2) is 9.05. The van der Waals surface area contributed by atoms with Crippen LogP contribution in [0.1, 0.15) is 40.5 Å². The van der Waals surface area contributed by atoms with E-state index in [1.807, 2.05) is 19.1 Å². The lowest BCUT2D eigenvalue weighted by Gasteiger charge is -2.35. The number of nitrogens with one attached hydrogen (secondary N) is 2. The summed E-state index contributed by atoms with van der Waals surface area (Å²) >= 11 is 0. The van der Waals surface area contributed by atoms with E-state index in [0.717, 1.165) is 11.8 Å². The van der Waals surface area contributed by atoms with E-state index in [9.17, 15) is 14.0 Å². The molecule has 184 valence electrons. The van der Waals surface area contributed by atoms with Gasteiger partial charge in [-0.25, -0.2) is 9.37 Å². The predicted octanol–water partition coefficient (Wildman–Crippen LogP) is 3.69. The topological polar surface area (TPSA) is 118 Å². The lowest BCUT2D eigenvalue weighted by Crippen LogP contribution is -2.44. The maximum absolute atomic E-state index is 14.9. The Bertz CT molecular complexity index is 1690. The van der Waals surface area contributed by atoms with Gasteiger partial charge in [0.2, 0.25) is 0 Å². The number of fused-ring (bicyclic) bond motifs is 1. The van der Waals surface area contributed by atoms with Crippen LogP contribution in [0.4, 0.5) is 4.39 Å². The summed E-state index contributed by atoms with van der Waals surface area (Å²) in [6.07, 6.45) is 4.14. The van der Waals surface area contributed by atoms with Crippen LogP contribution in [0.15, 0.2) is 71.8 Å². The summed E-state index contributed by atoms with van der Waals surface area (Å²) < 4.78 is 16.6. The van der Waals surface area contributed by atoms with Crippen molar-refractivity contribution in [2.24, 2.45) is 0 Å². The number of hydrogen-bond donors (Lipinski definition) is 2. The summed E-state index contributed by atoms with van der Waals surface area (Å²) in [6.45, 7) is 1.94. The number of aromatic amines is 1. The van der Waals surface area contributed by atoms with Crippen molar-refractivity contribution in [2.75, 3.05) is 0 Å². The molecule has 0 saturated heterocycles. The highest BCUT2D eigenvalue weighted by Gasteiger charge is 2.36. The van der Waals surface area contributed by atoms with Gasteiger partial charge in [0.05, 0.1) is 28.5 Å². The van der Waals surface area contributed by atoms with Crippen molar-refractivity contribution >= 4 is 16.9 Å². The number of aryl methyl sites for hydroxylation is 1. The number of pyridine rings is 1. The van der Waals surface area contributed by atoms with Gasteiger partial charge in [0.25, 0.3) is 11.5 Å². The Morgan fingerprint density at radius 2 is 1.86 bits per heavy atom. The van der Waals surface area contributed by atoms with E-state index in [1.54, 1.807) is 47.2 Å².